The molecule has 0 unspecified atom stereocenters. The molecule has 0 bridgehead atoms. The Kier molecular flexibility index (Phi) is 5.97. The second kappa shape index (κ2) is 9.21. The maximum absolute atomic E-state index is 9.85. The number of ether oxygens (including phenoxy) is 1. The number of aliphatic hydroxyl groups is 1. The highest BCUT2D eigenvalue weighted by Crippen LogP contribution is 2.34. The van der Waals surface area contributed by atoms with Crippen molar-refractivity contribution in [2.45, 2.75) is 6.61 Å². The van der Waals surface area contributed by atoms with Crippen LogP contribution in [0.15, 0.2) is 55.0 Å². The Hall–Kier alpha value is -3.80. The normalized spacial score (nSPS) is 13.8. The number of imidazole rings is 1. The van der Waals surface area contributed by atoms with E-state index in [1.807, 2.05) is 28.9 Å². The molecule has 1 aliphatic heterocycles. The van der Waals surface area contributed by atoms with Gasteiger partial charge < -0.3 is 24.0 Å². The van der Waals surface area contributed by atoms with Gasteiger partial charge in [-0.05, 0) is 29.8 Å². The number of benzene rings is 1. The Bertz CT molecular complexity index is 1370. The lowest BCUT2D eigenvalue weighted by molar-refractivity contribution is 0.281. The highest BCUT2D eigenvalue weighted by Gasteiger charge is 2.19. The number of pyridine rings is 2. The molecule has 1 aromatic carbocycles. The Labute approximate surface area is 202 Å². The molecule has 0 saturated carbocycles. The molecule has 1 aliphatic rings. The highest BCUT2D eigenvalue weighted by atomic mass is 35.5. The molecule has 0 amide bonds. The second-order valence-corrected chi connectivity index (χ2v) is 8.45. The number of anilines is 2. The van der Waals surface area contributed by atoms with Crippen LogP contribution in [0.5, 0.6) is 5.75 Å². The van der Waals surface area contributed by atoms with E-state index < -0.39 is 0 Å². The maximum atomic E-state index is 9.85. The van der Waals surface area contributed by atoms with E-state index in [1.54, 1.807) is 25.4 Å². The zero-order valence-corrected chi connectivity index (χ0v) is 19.4. The van der Waals surface area contributed by atoms with E-state index in [0.717, 1.165) is 54.6 Å². The standard InChI is InChI=1S/C25H23ClN6O2/c1-27-18-3-4-24(28-14-18)31-9-7-30(8-10-31)19-5-6-32-15-22(29-25(32)12-19)20-13-21(26)23(34-2)11-17(20)16-33/h3-6,11-15,33H,7-10,16H2,2H3. The Morgan fingerprint density at radius 2 is 1.91 bits per heavy atom. The highest BCUT2D eigenvalue weighted by molar-refractivity contribution is 6.32. The molecule has 0 atom stereocenters. The summed E-state index contributed by atoms with van der Waals surface area (Å²) in [7, 11) is 1.55. The van der Waals surface area contributed by atoms with Gasteiger partial charge in [-0.15, -0.1) is 0 Å². The molecule has 9 heteroatoms. The lowest BCUT2D eigenvalue weighted by Crippen LogP contribution is -2.46. The van der Waals surface area contributed by atoms with Crippen LogP contribution in [0.25, 0.3) is 21.7 Å². The second-order valence-electron chi connectivity index (χ2n) is 8.04. The lowest BCUT2D eigenvalue weighted by Gasteiger charge is -2.36. The van der Waals surface area contributed by atoms with Gasteiger partial charge in [0, 0.05) is 62.1 Å². The molecule has 34 heavy (non-hydrogen) atoms. The van der Waals surface area contributed by atoms with Gasteiger partial charge in [-0.25, -0.2) is 9.83 Å². The summed E-state index contributed by atoms with van der Waals surface area (Å²) in [5.74, 6) is 1.43. The summed E-state index contributed by atoms with van der Waals surface area (Å²) < 4.78 is 7.24. The quantitative estimate of drug-likeness (QED) is 0.431. The van der Waals surface area contributed by atoms with Crippen LogP contribution in [0.4, 0.5) is 17.2 Å². The van der Waals surface area contributed by atoms with Crippen molar-refractivity contribution in [3.63, 3.8) is 0 Å². The summed E-state index contributed by atoms with van der Waals surface area (Å²) in [5, 5.41) is 10.3. The van der Waals surface area contributed by atoms with E-state index in [-0.39, 0.29) is 6.61 Å². The minimum absolute atomic E-state index is 0.137. The number of methoxy groups -OCH3 is 1. The minimum atomic E-state index is -0.137. The zero-order valence-electron chi connectivity index (χ0n) is 18.6. The smallest absolute Gasteiger partial charge is 0.205 e. The monoisotopic (exact) mass is 474 g/mol. The van der Waals surface area contributed by atoms with Crippen LogP contribution in [0.2, 0.25) is 5.02 Å². The molecule has 1 fully saturated rings. The number of aliphatic hydroxyl groups excluding tert-OH is 1. The Morgan fingerprint density at radius 3 is 2.59 bits per heavy atom. The largest absolute Gasteiger partial charge is 0.495 e. The summed E-state index contributed by atoms with van der Waals surface area (Å²) in [5.41, 5.74) is 4.71. The fraction of sp³-hybridized carbons (Fsp3) is 0.240. The van der Waals surface area contributed by atoms with Crippen molar-refractivity contribution in [2.24, 2.45) is 0 Å². The third kappa shape index (κ3) is 4.12. The third-order valence-corrected chi connectivity index (χ3v) is 6.39. The van der Waals surface area contributed by atoms with Crippen molar-refractivity contribution in [1.29, 1.82) is 0 Å². The van der Waals surface area contributed by atoms with Gasteiger partial charge in [0.15, 0.2) is 0 Å². The first-order chi connectivity index (χ1) is 16.6. The average molecular weight is 475 g/mol. The first kappa shape index (κ1) is 22.0. The molecule has 172 valence electrons. The summed E-state index contributed by atoms with van der Waals surface area (Å²) in [6, 6.07) is 11.4. The van der Waals surface area contributed by atoms with Crippen LogP contribution in [0.1, 0.15) is 5.56 Å². The summed E-state index contributed by atoms with van der Waals surface area (Å²) in [6.45, 7) is 10.3. The number of hydrogen-bond acceptors (Lipinski definition) is 6. The predicted octanol–water partition coefficient (Wildman–Crippen LogP) is 4.43. The van der Waals surface area contributed by atoms with E-state index in [4.69, 9.17) is 27.9 Å². The summed E-state index contributed by atoms with van der Waals surface area (Å²) >= 11 is 6.34. The number of halogens is 1. The van der Waals surface area contributed by atoms with E-state index in [1.165, 1.54) is 0 Å². The van der Waals surface area contributed by atoms with Gasteiger partial charge in [-0.3, -0.25) is 4.98 Å². The average Bonchev–Trinajstić information content (AvgIpc) is 3.32. The number of nitrogens with zero attached hydrogens (tertiary/aromatic N) is 6. The number of piperazine rings is 1. The molecule has 0 radical (unpaired) electrons. The molecule has 8 nitrogen and oxygen atoms in total. The van der Waals surface area contributed by atoms with Crippen molar-refractivity contribution in [2.75, 3.05) is 43.1 Å². The molecule has 0 spiro atoms. The van der Waals surface area contributed by atoms with Crippen LogP contribution in [0, 0.1) is 6.57 Å². The number of rotatable bonds is 5. The predicted molar refractivity (Wildman–Crippen MR) is 133 cm³/mol. The van der Waals surface area contributed by atoms with Crippen molar-refractivity contribution in [3.8, 4) is 17.0 Å². The molecular formula is C25H23ClN6O2. The molecule has 3 aromatic heterocycles. The molecular weight excluding hydrogens is 452 g/mol. The first-order valence-corrected chi connectivity index (χ1v) is 11.3. The van der Waals surface area contributed by atoms with E-state index in [0.29, 0.717) is 22.0 Å². The number of fused-ring (bicyclic) bond motifs is 1. The summed E-state index contributed by atoms with van der Waals surface area (Å²) in [4.78, 5) is 17.2. The van der Waals surface area contributed by atoms with Crippen molar-refractivity contribution < 1.29 is 9.84 Å². The van der Waals surface area contributed by atoms with Crippen LogP contribution in [-0.2, 0) is 6.61 Å². The van der Waals surface area contributed by atoms with E-state index in [2.05, 4.69) is 31.8 Å². The van der Waals surface area contributed by atoms with Crippen molar-refractivity contribution >= 4 is 34.4 Å². The van der Waals surface area contributed by atoms with E-state index in [9.17, 15) is 5.11 Å². The molecule has 4 aromatic rings. The van der Waals surface area contributed by atoms with Gasteiger partial charge in [0.05, 0.1) is 31.0 Å². The Morgan fingerprint density at radius 1 is 1.12 bits per heavy atom. The number of aromatic nitrogens is 3. The van der Waals surface area contributed by atoms with Gasteiger partial charge in [0.2, 0.25) is 5.69 Å². The third-order valence-electron chi connectivity index (χ3n) is 6.10. The lowest BCUT2D eigenvalue weighted by atomic mass is 10.1. The van der Waals surface area contributed by atoms with Crippen molar-refractivity contribution in [3.05, 3.63) is 77.0 Å². The SMILES string of the molecule is [C-]#[N+]c1ccc(N2CCN(c3ccn4cc(-c5cc(Cl)c(OC)cc5CO)nc4c3)CC2)nc1. The topological polar surface area (TPSA) is 70.5 Å². The van der Waals surface area contributed by atoms with Gasteiger partial charge in [-0.2, -0.15) is 0 Å². The van der Waals surface area contributed by atoms with Gasteiger partial charge in [0.25, 0.3) is 0 Å². The fourth-order valence-corrected chi connectivity index (χ4v) is 4.48. The molecule has 5 rings (SSSR count). The van der Waals surface area contributed by atoms with Gasteiger partial charge in [-0.1, -0.05) is 17.7 Å². The Balaban J connectivity index is 1.36. The van der Waals surface area contributed by atoms with Crippen LogP contribution < -0.4 is 14.5 Å². The van der Waals surface area contributed by atoms with Crippen LogP contribution in [0.3, 0.4) is 0 Å². The molecule has 1 saturated heterocycles. The van der Waals surface area contributed by atoms with Crippen molar-refractivity contribution in [1.82, 2.24) is 14.4 Å². The van der Waals surface area contributed by atoms with Crippen LogP contribution in [-0.4, -0.2) is 52.8 Å². The van der Waals surface area contributed by atoms with Crippen LogP contribution >= 0.6 is 11.6 Å². The van der Waals surface area contributed by atoms with E-state index >= 15 is 0 Å². The molecule has 1 N–H and O–H groups in total. The fourth-order valence-electron chi connectivity index (χ4n) is 4.24. The maximum Gasteiger partial charge on any atom is 0.205 e. The first-order valence-electron chi connectivity index (χ1n) is 10.9. The minimum Gasteiger partial charge on any atom is -0.495 e. The van der Waals surface area contributed by atoms with Gasteiger partial charge in [0.1, 0.15) is 17.2 Å². The number of hydrogen-bond donors (Lipinski definition) is 1. The summed E-state index contributed by atoms with van der Waals surface area (Å²) in [6.07, 6.45) is 5.56. The molecule has 4 heterocycles. The zero-order chi connectivity index (χ0) is 23.7. The van der Waals surface area contributed by atoms with Gasteiger partial charge >= 0.3 is 0 Å². The molecule has 0 aliphatic carbocycles.